The summed E-state index contributed by atoms with van der Waals surface area (Å²) in [6.45, 7) is 5.55. The predicted molar refractivity (Wildman–Crippen MR) is 100 cm³/mol. The molecule has 1 heterocycles. The standard InChI is InChI=1S/C18H27N5O2/c1-3-19-18(20-10-12-23-11-5-9-21-23)22-16-7-4-8-17(15-16)25-14-6-13-24-2/h4-5,7-9,11,15H,3,6,10,12-14H2,1-2H3,(H2,19,20,22). The first-order chi connectivity index (χ1) is 12.3. The molecule has 0 spiro atoms. The molecule has 0 unspecified atom stereocenters. The normalized spacial score (nSPS) is 11.4. The van der Waals surface area contributed by atoms with Crippen LogP contribution in [0.1, 0.15) is 13.3 Å². The maximum Gasteiger partial charge on any atom is 0.195 e. The van der Waals surface area contributed by atoms with Gasteiger partial charge in [-0.15, -0.1) is 0 Å². The first-order valence-corrected chi connectivity index (χ1v) is 8.56. The van der Waals surface area contributed by atoms with Crippen LogP contribution in [0.15, 0.2) is 47.7 Å². The van der Waals surface area contributed by atoms with Crippen LogP contribution >= 0.6 is 0 Å². The number of anilines is 1. The zero-order valence-electron chi connectivity index (χ0n) is 14.9. The SMILES string of the molecule is CCNC(=NCCn1cccn1)Nc1cccc(OCCCOC)c1. The van der Waals surface area contributed by atoms with Gasteiger partial charge in [0.25, 0.3) is 0 Å². The monoisotopic (exact) mass is 345 g/mol. The van der Waals surface area contributed by atoms with Crippen molar-refractivity contribution in [1.82, 2.24) is 15.1 Å². The number of hydrogen-bond acceptors (Lipinski definition) is 4. The molecule has 0 radical (unpaired) electrons. The van der Waals surface area contributed by atoms with Crippen LogP contribution in [0, 0.1) is 0 Å². The lowest BCUT2D eigenvalue weighted by atomic mass is 10.3. The Morgan fingerprint density at radius 2 is 2.20 bits per heavy atom. The first kappa shape index (κ1) is 18.8. The van der Waals surface area contributed by atoms with Crippen molar-refractivity contribution < 1.29 is 9.47 Å². The van der Waals surface area contributed by atoms with E-state index in [-0.39, 0.29) is 0 Å². The lowest BCUT2D eigenvalue weighted by Gasteiger charge is -2.13. The highest BCUT2D eigenvalue weighted by Crippen LogP contribution is 2.17. The predicted octanol–water partition coefficient (Wildman–Crippen LogP) is 2.38. The molecule has 25 heavy (non-hydrogen) atoms. The number of nitrogens with one attached hydrogen (secondary N) is 2. The van der Waals surface area contributed by atoms with E-state index in [0.29, 0.717) is 19.8 Å². The Labute approximate surface area is 149 Å². The van der Waals surface area contributed by atoms with Crippen LogP contribution in [0.3, 0.4) is 0 Å². The molecule has 0 atom stereocenters. The summed E-state index contributed by atoms with van der Waals surface area (Å²) < 4.78 is 12.6. The summed E-state index contributed by atoms with van der Waals surface area (Å²) >= 11 is 0. The van der Waals surface area contributed by atoms with E-state index in [1.807, 2.05) is 48.1 Å². The van der Waals surface area contributed by atoms with Gasteiger partial charge in [0.1, 0.15) is 5.75 Å². The molecule has 0 saturated heterocycles. The Balaban J connectivity index is 1.89. The molecule has 1 aromatic heterocycles. The fourth-order valence-corrected chi connectivity index (χ4v) is 2.20. The van der Waals surface area contributed by atoms with Crippen molar-refractivity contribution in [2.45, 2.75) is 19.9 Å². The molecule has 0 aliphatic heterocycles. The number of aromatic nitrogens is 2. The van der Waals surface area contributed by atoms with Gasteiger partial charge in [-0.2, -0.15) is 5.10 Å². The van der Waals surface area contributed by atoms with Crippen molar-refractivity contribution in [2.75, 3.05) is 38.7 Å². The fourth-order valence-electron chi connectivity index (χ4n) is 2.20. The summed E-state index contributed by atoms with van der Waals surface area (Å²) in [7, 11) is 1.69. The summed E-state index contributed by atoms with van der Waals surface area (Å²) in [6, 6.07) is 9.77. The molecule has 2 N–H and O–H groups in total. The smallest absolute Gasteiger partial charge is 0.195 e. The number of rotatable bonds is 10. The second-order valence-corrected chi connectivity index (χ2v) is 5.38. The minimum absolute atomic E-state index is 0.634. The number of guanidine groups is 1. The van der Waals surface area contributed by atoms with Gasteiger partial charge in [0.05, 0.1) is 19.7 Å². The molecule has 0 bridgehead atoms. The van der Waals surface area contributed by atoms with Crippen molar-refractivity contribution in [3.63, 3.8) is 0 Å². The third-order valence-corrected chi connectivity index (χ3v) is 3.36. The van der Waals surface area contributed by atoms with Crippen molar-refractivity contribution in [2.24, 2.45) is 4.99 Å². The van der Waals surface area contributed by atoms with Gasteiger partial charge in [0.2, 0.25) is 0 Å². The lowest BCUT2D eigenvalue weighted by molar-refractivity contribution is 0.172. The van der Waals surface area contributed by atoms with E-state index < -0.39 is 0 Å². The largest absolute Gasteiger partial charge is 0.493 e. The van der Waals surface area contributed by atoms with Gasteiger partial charge in [-0.3, -0.25) is 9.67 Å². The summed E-state index contributed by atoms with van der Waals surface area (Å²) in [5.74, 6) is 1.57. The zero-order valence-corrected chi connectivity index (χ0v) is 14.9. The lowest BCUT2D eigenvalue weighted by Crippen LogP contribution is -2.31. The average Bonchev–Trinajstić information content (AvgIpc) is 3.13. The van der Waals surface area contributed by atoms with E-state index in [9.17, 15) is 0 Å². The summed E-state index contributed by atoms with van der Waals surface area (Å²) in [5.41, 5.74) is 0.933. The molecule has 2 rings (SSSR count). The van der Waals surface area contributed by atoms with Crippen molar-refractivity contribution >= 4 is 11.6 Å². The Hall–Kier alpha value is -2.54. The number of ether oxygens (including phenoxy) is 2. The second kappa shape index (κ2) is 11.1. The van der Waals surface area contributed by atoms with Crippen molar-refractivity contribution in [3.8, 4) is 5.75 Å². The summed E-state index contributed by atoms with van der Waals surface area (Å²) in [4.78, 5) is 4.58. The fraction of sp³-hybridized carbons (Fsp3) is 0.444. The number of benzene rings is 1. The third kappa shape index (κ3) is 7.26. The highest BCUT2D eigenvalue weighted by molar-refractivity contribution is 5.93. The van der Waals surface area contributed by atoms with E-state index in [4.69, 9.17) is 9.47 Å². The molecule has 0 aliphatic rings. The second-order valence-electron chi connectivity index (χ2n) is 5.38. The van der Waals surface area contributed by atoms with Crippen LogP contribution in [0.4, 0.5) is 5.69 Å². The molecule has 0 fully saturated rings. The maximum absolute atomic E-state index is 5.73. The summed E-state index contributed by atoms with van der Waals surface area (Å²) in [6.07, 6.45) is 4.57. The van der Waals surface area contributed by atoms with Gasteiger partial charge >= 0.3 is 0 Å². The van der Waals surface area contributed by atoms with E-state index in [0.717, 1.165) is 36.9 Å². The van der Waals surface area contributed by atoms with Crippen LogP contribution in [-0.2, 0) is 11.3 Å². The molecule has 1 aromatic carbocycles. The Bertz CT molecular complexity index is 628. The summed E-state index contributed by atoms with van der Waals surface area (Å²) in [5, 5.41) is 10.7. The van der Waals surface area contributed by atoms with E-state index >= 15 is 0 Å². The molecule has 0 amide bonds. The highest BCUT2D eigenvalue weighted by Gasteiger charge is 2.01. The Kier molecular flexibility index (Phi) is 8.34. The van der Waals surface area contributed by atoms with Gasteiger partial charge in [-0.25, -0.2) is 0 Å². The van der Waals surface area contributed by atoms with Crippen molar-refractivity contribution in [1.29, 1.82) is 0 Å². The molecule has 0 aliphatic carbocycles. The van der Waals surface area contributed by atoms with Crippen LogP contribution in [-0.4, -0.2) is 49.2 Å². The van der Waals surface area contributed by atoms with Gasteiger partial charge in [-0.1, -0.05) is 6.07 Å². The van der Waals surface area contributed by atoms with Crippen LogP contribution in [0.2, 0.25) is 0 Å². The molecule has 2 aromatic rings. The number of nitrogens with zero attached hydrogens (tertiary/aromatic N) is 3. The van der Waals surface area contributed by atoms with Crippen LogP contribution in [0.25, 0.3) is 0 Å². The minimum Gasteiger partial charge on any atom is -0.493 e. The maximum atomic E-state index is 5.73. The number of hydrogen-bond donors (Lipinski definition) is 2. The van der Waals surface area contributed by atoms with E-state index in [1.165, 1.54) is 0 Å². The Morgan fingerprint density at radius 1 is 1.28 bits per heavy atom. The number of aliphatic imine (C=N–C) groups is 1. The molecular formula is C18H27N5O2. The zero-order chi connectivity index (χ0) is 17.7. The molecular weight excluding hydrogens is 318 g/mol. The van der Waals surface area contributed by atoms with E-state index in [1.54, 1.807) is 13.3 Å². The topological polar surface area (TPSA) is 72.7 Å². The van der Waals surface area contributed by atoms with Gasteiger partial charge in [-0.05, 0) is 25.1 Å². The van der Waals surface area contributed by atoms with Gasteiger partial charge < -0.3 is 20.1 Å². The first-order valence-electron chi connectivity index (χ1n) is 8.56. The molecule has 136 valence electrons. The minimum atomic E-state index is 0.634. The van der Waals surface area contributed by atoms with Gasteiger partial charge in [0.15, 0.2) is 5.96 Å². The highest BCUT2D eigenvalue weighted by atomic mass is 16.5. The Morgan fingerprint density at radius 3 is 2.96 bits per heavy atom. The quantitative estimate of drug-likeness (QED) is 0.393. The van der Waals surface area contributed by atoms with E-state index in [2.05, 4.69) is 20.7 Å². The number of methoxy groups -OCH3 is 1. The van der Waals surface area contributed by atoms with Crippen molar-refractivity contribution in [3.05, 3.63) is 42.7 Å². The molecule has 7 nitrogen and oxygen atoms in total. The average molecular weight is 345 g/mol. The third-order valence-electron chi connectivity index (χ3n) is 3.36. The molecule has 0 saturated carbocycles. The van der Waals surface area contributed by atoms with Crippen LogP contribution in [0.5, 0.6) is 5.75 Å². The molecule has 7 heteroatoms. The van der Waals surface area contributed by atoms with Gasteiger partial charge in [0, 0.05) is 50.8 Å². The van der Waals surface area contributed by atoms with Crippen LogP contribution < -0.4 is 15.4 Å².